The molecule has 0 saturated carbocycles. The van der Waals surface area contributed by atoms with Crippen molar-refractivity contribution in [2.75, 3.05) is 5.32 Å². The molecule has 31 heavy (non-hydrogen) atoms. The highest BCUT2D eigenvalue weighted by Gasteiger charge is 2.32. The quantitative estimate of drug-likeness (QED) is 0.733. The SMILES string of the molecule is CCc1nn(C)c(C(=O)Nc2ccc([C@@H]3C[C@H](NC(C)=O)C[C@H](C(C)C)O3)cc2)c1C. The van der Waals surface area contributed by atoms with Gasteiger partial charge in [0.05, 0.1) is 17.9 Å². The maximum absolute atomic E-state index is 12.8. The number of aromatic nitrogens is 2. The molecule has 2 amide bonds. The van der Waals surface area contributed by atoms with Gasteiger partial charge in [-0.1, -0.05) is 32.9 Å². The zero-order valence-electron chi connectivity index (χ0n) is 19.4. The summed E-state index contributed by atoms with van der Waals surface area (Å²) in [6.07, 6.45) is 2.36. The summed E-state index contributed by atoms with van der Waals surface area (Å²) < 4.78 is 7.97. The topological polar surface area (TPSA) is 85.3 Å². The highest BCUT2D eigenvalue weighted by atomic mass is 16.5. The number of benzene rings is 1. The Balaban J connectivity index is 1.72. The van der Waals surface area contributed by atoms with Gasteiger partial charge in [0.2, 0.25) is 5.91 Å². The standard InChI is InChI=1S/C24H34N4O3/c1-7-20-15(4)23(28(6)27-20)24(30)26-18-10-8-17(9-11-18)22-13-19(25-16(5)29)12-21(31-22)14(2)3/h8-11,14,19,21-22H,7,12-13H2,1-6H3,(H,25,29)(H,26,30)/t19-,21-,22+/m1/s1. The van der Waals surface area contributed by atoms with E-state index < -0.39 is 0 Å². The summed E-state index contributed by atoms with van der Waals surface area (Å²) in [6.45, 7) is 9.80. The van der Waals surface area contributed by atoms with E-state index in [1.165, 1.54) is 0 Å². The van der Waals surface area contributed by atoms with Crippen LogP contribution in [0.15, 0.2) is 24.3 Å². The molecular weight excluding hydrogens is 392 g/mol. The van der Waals surface area contributed by atoms with E-state index in [9.17, 15) is 9.59 Å². The van der Waals surface area contributed by atoms with Crippen LogP contribution < -0.4 is 10.6 Å². The summed E-state index contributed by atoms with van der Waals surface area (Å²) in [5.74, 6) is 0.190. The molecule has 1 aliphatic heterocycles. The van der Waals surface area contributed by atoms with E-state index in [4.69, 9.17) is 4.74 Å². The van der Waals surface area contributed by atoms with Crippen LogP contribution >= 0.6 is 0 Å². The highest BCUT2D eigenvalue weighted by molar-refractivity contribution is 6.04. The number of hydrogen-bond donors (Lipinski definition) is 2. The molecule has 0 aliphatic carbocycles. The monoisotopic (exact) mass is 426 g/mol. The van der Waals surface area contributed by atoms with Crippen LogP contribution in [0.2, 0.25) is 0 Å². The van der Waals surface area contributed by atoms with Crippen LogP contribution in [-0.2, 0) is 23.0 Å². The zero-order valence-corrected chi connectivity index (χ0v) is 19.4. The van der Waals surface area contributed by atoms with Crippen LogP contribution in [0.5, 0.6) is 0 Å². The van der Waals surface area contributed by atoms with Crippen LogP contribution in [-0.4, -0.2) is 33.7 Å². The molecule has 1 aliphatic rings. The molecule has 2 aromatic rings. The number of anilines is 1. The van der Waals surface area contributed by atoms with Crippen molar-refractivity contribution in [2.45, 2.75) is 72.1 Å². The van der Waals surface area contributed by atoms with Crippen molar-refractivity contribution < 1.29 is 14.3 Å². The van der Waals surface area contributed by atoms with Crippen molar-refractivity contribution in [3.63, 3.8) is 0 Å². The van der Waals surface area contributed by atoms with Crippen LogP contribution in [0.4, 0.5) is 5.69 Å². The van der Waals surface area contributed by atoms with Crippen LogP contribution in [0.1, 0.15) is 73.9 Å². The Kier molecular flexibility index (Phi) is 7.15. The Morgan fingerprint density at radius 3 is 2.45 bits per heavy atom. The molecule has 0 radical (unpaired) electrons. The summed E-state index contributed by atoms with van der Waals surface area (Å²) in [4.78, 5) is 24.4. The second-order valence-corrected chi connectivity index (χ2v) is 8.75. The van der Waals surface area contributed by atoms with E-state index in [1.54, 1.807) is 18.7 Å². The number of nitrogens with one attached hydrogen (secondary N) is 2. The first-order chi connectivity index (χ1) is 14.7. The molecule has 7 nitrogen and oxygen atoms in total. The molecule has 0 bridgehead atoms. The number of hydrogen-bond acceptors (Lipinski definition) is 4. The normalized spacial score (nSPS) is 21.2. The number of aryl methyl sites for hydroxylation is 2. The van der Waals surface area contributed by atoms with Crippen molar-refractivity contribution in [1.29, 1.82) is 0 Å². The molecule has 3 rings (SSSR count). The van der Waals surface area contributed by atoms with Gasteiger partial charge in [-0.05, 0) is 49.8 Å². The van der Waals surface area contributed by atoms with Crippen molar-refractivity contribution in [3.8, 4) is 0 Å². The fourth-order valence-electron chi connectivity index (χ4n) is 4.32. The number of carbonyl (C=O) groups excluding carboxylic acids is 2. The third-order valence-electron chi connectivity index (χ3n) is 5.98. The van der Waals surface area contributed by atoms with E-state index >= 15 is 0 Å². The Morgan fingerprint density at radius 2 is 1.90 bits per heavy atom. The second kappa shape index (κ2) is 9.64. The molecule has 2 heterocycles. The van der Waals surface area contributed by atoms with Gasteiger partial charge < -0.3 is 15.4 Å². The number of amides is 2. The van der Waals surface area contributed by atoms with E-state index in [0.29, 0.717) is 11.6 Å². The van der Waals surface area contributed by atoms with Gasteiger partial charge in [-0.25, -0.2) is 0 Å². The number of rotatable bonds is 6. The molecule has 1 fully saturated rings. The molecule has 1 aromatic carbocycles. The van der Waals surface area contributed by atoms with E-state index in [1.807, 2.05) is 38.1 Å². The summed E-state index contributed by atoms with van der Waals surface area (Å²) in [6, 6.07) is 7.87. The first-order valence-corrected chi connectivity index (χ1v) is 11.1. The zero-order chi connectivity index (χ0) is 22.7. The molecule has 0 spiro atoms. The summed E-state index contributed by atoms with van der Waals surface area (Å²) in [7, 11) is 1.79. The molecule has 3 atom stereocenters. The maximum Gasteiger partial charge on any atom is 0.274 e. The first kappa shape index (κ1) is 23.0. The summed E-state index contributed by atoms with van der Waals surface area (Å²) >= 11 is 0. The lowest BCUT2D eigenvalue weighted by Crippen LogP contribution is -2.43. The van der Waals surface area contributed by atoms with E-state index in [-0.39, 0.29) is 30.1 Å². The van der Waals surface area contributed by atoms with Gasteiger partial charge in [0.15, 0.2) is 0 Å². The molecule has 168 valence electrons. The minimum Gasteiger partial charge on any atom is -0.370 e. The van der Waals surface area contributed by atoms with E-state index in [0.717, 1.165) is 41.8 Å². The largest absolute Gasteiger partial charge is 0.370 e. The predicted molar refractivity (Wildman–Crippen MR) is 121 cm³/mol. The highest BCUT2D eigenvalue weighted by Crippen LogP contribution is 2.34. The third-order valence-corrected chi connectivity index (χ3v) is 5.98. The summed E-state index contributed by atoms with van der Waals surface area (Å²) in [5, 5.41) is 10.5. The Morgan fingerprint density at radius 1 is 1.23 bits per heavy atom. The van der Waals surface area contributed by atoms with Gasteiger partial charge in [0, 0.05) is 31.3 Å². The van der Waals surface area contributed by atoms with Crippen LogP contribution in [0, 0.1) is 12.8 Å². The van der Waals surface area contributed by atoms with Crippen LogP contribution in [0.25, 0.3) is 0 Å². The van der Waals surface area contributed by atoms with E-state index in [2.05, 4.69) is 29.6 Å². The lowest BCUT2D eigenvalue weighted by Gasteiger charge is -2.37. The van der Waals surface area contributed by atoms with Crippen LogP contribution in [0.3, 0.4) is 0 Å². The van der Waals surface area contributed by atoms with Gasteiger partial charge in [0.1, 0.15) is 5.69 Å². The molecule has 1 aromatic heterocycles. The lowest BCUT2D eigenvalue weighted by atomic mass is 9.90. The second-order valence-electron chi connectivity index (χ2n) is 8.75. The minimum absolute atomic E-state index is 0.0112. The van der Waals surface area contributed by atoms with Gasteiger partial charge in [0.25, 0.3) is 5.91 Å². The van der Waals surface area contributed by atoms with Crippen molar-refractivity contribution in [1.82, 2.24) is 15.1 Å². The molecule has 7 heteroatoms. The fourth-order valence-corrected chi connectivity index (χ4v) is 4.32. The average Bonchev–Trinajstić information content (AvgIpc) is 3.01. The van der Waals surface area contributed by atoms with Crippen molar-refractivity contribution in [2.24, 2.45) is 13.0 Å². The average molecular weight is 427 g/mol. The van der Waals surface area contributed by atoms with Gasteiger partial charge in [-0.15, -0.1) is 0 Å². The van der Waals surface area contributed by atoms with Gasteiger partial charge >= 0.3 is 0 Å². The number of ether oxygens (including phenoxy) is 1. The lowest BCUT2D eigenvalue weighted by molar-refractivity contribution is -0.123. The number of nitrogens with zero attached hydrogens (tertiary/aromatic N) is 2. The smallest absolute Gasteiger partial charge is 0.274 e. The fraction of sp³-hybridized carbons (Fsp3) is 0.542. The summed E-state index contributed by atoms with van der Waals surface area (Å²) in [5.41, 5.74) is 4.20. The van der Waals surface area contributed by atoms with Gasteiger partial charge in [-0.2, -0.15) is 5.10 Å². The van der Waals surface area contributed by atoms with Crippen molar-refractivity contribution in [3.05, 3.63) is 46.8 Å². The van der Waals surface area contributed by atoms with Crippen molar-refractivity contribution >= 4 is 17.5 Å². The van der Waals surface area contributed by atoms with Gasteiger partial charge in [-0.3, -0.25) is 14.3 Å². The third kappa shape index (κ3) is 5.34. The molecular formula is C24H34N4O3. The molecule has 0 unspecified atom stereocenters. The predicted octanol–water partition coefficient (Wildman–Crippen LogP) is 3.92. The Labute approximate surface area is 184 Å². The molecule has 1 saturated heterocycles. The Hall–Kier alpha value is -2.67. The molecule has 2 N–H and O–H groups in total. The first-order valence-electron chi connectivity index (χ1n) is 11.1. The maximum atomic E-state index is 12.8. The Bertz CT molecular complexity index is 933. The minimum atomic E-state index is -0.167. The number of carbonyl (C=O) groups is 2.